The number of carbonyl (C=O) groups is 1. The molecular formula is C25H27ClF3NO3. The molecule has 1 heterocycles. The Hall–Kier alpha value is -2.25. The molecule has 178 valence electrons. The third-order valence-electron chi connectivity index (χ3n) is 6.90. The van der Waals surface area contributed by atoms with Gasteiger partial charge in [-0.3, -0.25) is 4.79 Å². The lowest BCUT2D eigenvalue weighted by molar-refractivity contribution is -0.274. The van der Waals surface area contributed by atoms with Gasteiger partial charge in [0.2, 0.25) is 0 Å². The zero-order chi connectivity index (χ0) is 22.3. The molecule has 33 heavy (non-hydrogen) atoms. The molecule has 5 rings (SSSR count). The van der Waals surface area contributed by atoms with Crippen molar-refractivity contribution in [3.63, 3.8) is 0 Å². The number of ether oxygens (including phenoxy) is 2. The fourth-order valence-corrected chi connectivity index (χ4v) is 5.38. The van der Waals surface area contributed by atoms with Crippen LogP contribution in [-0.4, -0.2) is 24.8 Å². The summed E-state index contributed by atoms with van der Waals surface area (Å²) in [6.07, 6.45) is -0.258. The SMILES string of the molecule is Cl.O=C1CC(c2cc(OC(F)(F)F)ccc2OC2CC2)CC12CCCNC2c1ccccc1. The summed E-state index contributed by atoms with van der Waals surface area (Å²) >= 11 is 0. The van der Waals surface area contributed by atoms with Gasteiger partial charge >= 0.3 is 6.36 Å². The predicted octanol–water partition coefficient (Wildman–Crippen LogP) is 6.11. The maximum atomic E-state index is 13.5. The molecule has 2 aliphatic carbocycles. The van der Waals surface area contributed by atoms with Crippen LogP contribution in [0, 0.1) is 5.41 Å². The second-order valence-corrected chi connectivity index (χ2v) is 9.15. The number of hydrogen-bond donors (Lipinski definition) is 1. The van der Waals surface area contributed by atoms with Crippen LogP contribution in [0.3, 0.4) is 0 Å². The van der Waals surface area contributed by atoms with Crippen LogP contribution >= 0.6 is 12.4 Å². The summed E-state index contributed by atoms with van der Waals surface area (Å²) in [5.41, 5.74) is 1.15. The van der Waals surface area contributed by atoms with E-state index in [0.29, 0.717) is 24.2 Å². The largest absolute Gasteiger partial charge is 0.573 e. The summed E-state index contributed by atoms with van der Waals surface area (Å²) in [7, 11) is 0. The van der Waals surface area contributed by atoms with E-state index in [2.05, 4.69) is 10.1 Å². The second-order valence-electron chi connectivity index (χ2n) is 9.15. The highest BCUT2D eigenvalue weighted by Gasteiger charge is 2.53. The standard InChI is InChI=1S/C25H26F3NO3.ClH/c26-25(27,28)32-19-9-10-21(31-18-7-8-18)20(14-19)17-13-22(30)24(15-17)11-4-12-29-23(24)16-5-2-1-3-6-16;/h1-3,5-6,9-10,14,17-18,23,29H,4,7-8,11-13,15H2;1H. The number of carbonyl (C=O) groups excluding carboxylic acids is 1. The van der Waals surface area contributed by atoms with Crippen LogP contribution in [0.15, 0.2) is 48.5 Å². The van der Waals surface area contributed by atoms with Gasteiger partial charge in [-0.2, -0.15) is 0 Å². The average molecular weight is 482 g/mol. The van der Waals surface area contributed by atoms with E-state index in [-0.39, 0.29) is 42.0 Å². The van der Waals surface area contributed by atoms with Crippen LogP contribution in [0.2, 0.25) is 0 Å². The summed E-state index contributed by atoms with van der Waals surface area (Å²) in [5, 5.41) is 3.54. The van der Waals surface area contributed by atoms with Crippen molar-refractivity contribution in [3.05, 3.63) is 59.7 Å². The monoisotopic (exact) mass is 481 g/mol. The Morgan fingerprint density at radius 3 is 2.52 bits per heavy atom. The number of halogens is 4. The molecule has 3 fully saturated rings. The average Bonchev–Trinajstić information content (AvgIpc) is 3.52. The van der Waals surface area contributed by atoms with Crippen molar-refractivity contribution < 1.29 is 27.4 Å². The van der Waals surface area contributed by atoms with Gasteiger partial charge in [-0.15, -0.1) is 25.6 Å². The van der Waals surface area contributed by atoms with Gasteiger partial charge in [0.1, 0.15) is 17.3 Å². The number of nitrogens with one attached hydrogen (secondary N) is 1. The Kier molecular flexibility index (Phi) is 6.65. The van der Waals surface area contributed by atoms with Gasteiger partial charge < -0.3 is 14.8 Å². The summed E-state index contributed by atoms with van der Waals surface area (Å²) in [4.78, 5) is 13.5. The van der Waals surface area contributed by atoms with Crippen LogP contribution in [0.5, 0.6) is 11.5 Å². The fraction of sp³-hybridized carbons (Fsp3) is 0.480. The molecule has 3 atom stereocenters. The quantitative estimate of drug-likeness (QED) is 0.560. The molecule has 4 nitrogen and oxygen atoms in total. The van der Waals surface area contributed by atoms with E-state index in [1.807, 2.05) is 30.3 Å². The van der Waals surface area contributed by atoms with E-state index in [1.54, 1.807) is 6.07 Å². The molecule has 0 amide bonds. The Morgan fingerprint density at radius 1 is 1.06 bits per heavy atom. The van der Waals surface area contributed by atoms with Gasteiger partial charge in [-0.05, 0) is 68.3 Å². The molecule has 3 aliphatic rings. The molecule has 1 aliphatic heterocycles. The lowest BCUT2D eigenvalue weighted by Gasteiger charge is -2.41. The third kappa shape index (κ3) is 4.99. The zero-order valence-electron chi connectivity index (χ0n) is 18.1. The molecule has 8 heteroatoms. The van der Waals surface area contributed by atoms with Gasteiger partial charge in [0, 0.05) is 23.4 Å². The van der Waals surface area contributed by atoms with Gasteiger partial charge in [-0.1, -0.05) is 30.3 Å². The maximum absolute atomic E-state index is 13.5. The molecule has 1 saturated heterocycles. The van der Waals surface area contributed by atoms with Crippen molar-refractivity contribution in [3.8, 4) is 11.5 Å². The summed E-state index contributed by atoms with van der Waals surface area (Å²) in [6.45, 7) is 0.838. The summed E-state index contributed by atoms with van der Waals surface area (Å²) < 4.78 is 48.7. The highest BCUT2D eigenvalue weighted by atomic mass is 35.5. The Labute approximate surface area is 197 Å². The van der Waals surface area contributed by atoms with E-state index < -0.39 is 11.8 Å². The number of rotatable bonds is 5. The normalized spacial score (nSPS) is 27.3. The topological polar surface area (TPSA) is 47.6 Å². The van der Waals surface area contributed by atoms with Crippen LogP contribution in [-0.2, 0) is 4.79 Å². The third-order valence-corrected chi connectivity index (χ3v) is 6.90. The van der Waals surface area contributed by atoms with Crippen LogP contribution in [0.1, 0.15) is 61.6 Å². The van der Waals surface area contributed by atoms with Crippen molar-refractivity contribution in [2.75, 3.05) is 6.54 Å². The van der Waals surface area contributed by atoms with E-state index >= 15 is 0 Å². The molecule has 3 unspecified atom stereocenters. The minimum Gasteiger partial charge on any atom is -0.490 e. The summed E-state index contributed by atoms with van der Waals surface area (Å²) in [5.74, 6) is 0.254. The minimum absolute atomic E-state index is 0. The lowest BCUT2D eigenvalue weighted by atomic mass is 9.69. The molecular weight excluding hydrogens is 455 g/mol. The van der Waals surface area contributed by atoms with Crippen molar-refractivity contribution in [1.82, 2.24) is 5.32 Å². The highest BCUT2D eigenvalue weighted by Crippen LogP contribution is 2.56. The van der Waals surface area contributed by atoms with Gasteiger partial charge in [0.25, 0.3) is 0 Å². The van der Waals surface area contributed by atoms with Gasteiger partial charge in [0.05, 0.1) is 6.10 Å². The molecule has 2 aromatic carbocycles. The smallest absolute Gasteiger partial charge is 0.490 e. The first-order chi connectivity index (χ1) is 15.3. The molecule has 0 radical (unpaired) electrons. The molecule has 2 saturated carbocycles. The number of ketones is 1. The Balaban J connectivity index is 0.00000259. The molecule has 2 aromatic rings. The first kappa shape index (κ1) is 23.9. The maximum Gasteiger partial charge on any atom is 0.573 e. The molecule has 0 aromatic heterocycles. The lowest BCUT2D eigenvalue weighted by Crippen LogP contribution is -2.45. The van der Waals surface area contributed by atoms with Crippen molar-refractivity contribution in [2.45, 2.75) is 63.0 Å². The number of alkyl halides is 3. The number of hydrogen-bond acceptors (Lipinski definition) is 4. The number of Topliss-reactive ketones (excluding diaryl/α,β-unsaturated/α-hetero) is 1. The van der Waals surface area contributed by atoms with E-state index in [4.69, 9.17) is 4.74 Å². The van der Waals surface area contributed by atoms with Crippen LogP contribution < -0.4 is 14.8 Å². The number of benzene rings is 2. The second kappa shape index (κ2) is 9.18. The predicted molar refractivity (Wildman–Crippen MR) is 120 cm³/mol. The molecule has 1 N–H and O–H groups in total. The van der Waals surface area contributed by atoms with Crippen LogP contribution in [0.25, 0.3) is 0 Å². The molecule has 1 spiro atoms. The van der Waals surface area contributed by atoms with Crippen molar-refractivity contribution >= 4 is 18.2 Å². The Morgan fingerprint density at radius 2 is 1.82 bits per heavy atom. The minimum atomic E-state index is -4.77. The van der Waals surface area contributed by atoms with E-state index in [1.165, 1.54) is 12.1 Å². The first-order valence-electron chi connectivity index (χ1n) is 11.2. The fourth-order valence-electron chi connectivity index (χ4n) is 5.38. The van der Waals surface area contributed by atoms with E-state index in [9.17, 15) is 18.0 Å². The van der Waals surface area contributed by atoms with Gasteiger partial charge in [-0.25, -0.2) is 0 Å². The van der Waals surface area contributed by atoms with Crippen LogP contribution in [0.4, 0.5) is 13.2 Å². The van der Waals surface area contributed by atoms with Crippen molar-refractivity contribution in [2.24, 2.45) is 5.41 Å². The molecule has 0 bridgehead atoms. The van der Waals surface area contributed by atoms with Crippen molar-refractivity contribution in [1.29, 1.82) is 0 Å². The van der Waals surface area contributed by atoms with E-state index in [0.717, 1.165) is 37.8 Å². The summed E-state index contributed by atoms with van der Waals surface area (Å²) in [6, 6.07) is 14.1. The highest BCUT2D eigenvalue weighted by molar-refractivity contribution is 5.89. The number of piperidine rings is 1. The first-order valence-corrected chi connectivity index (χ1v) is 11.2. The Bertz CT molecular complexity index is 996. The van der Waals surface area contributed by atoms with Gasteiger partial charge in [0.15, 0.2) is 0 Å². The zero-order valence-corrected chi connectivity index (χ0v) is 18.9.